The SMILES string of the molecule is c1ccc(-c2ccc(-c3nc(-c4ccccc4)nc(-c4ccc(-c5ccc6c(c5)oc5cccc(-c7ccccc7-n7c8ccccc8c8ccccc87)c56)cc4)n3)cc2)cc1. The van der Waals surface area contributed by atoms with E-state index in [1.165, 1.54) is 27.4 Å². The first kappa shape index (κ1) is 35.5. The molecule has 290 valence electrons. The van der Waals surface area contributed by atoms with Crippen molar-refractivity contribution in [1.82, 2.24) is 19.5 Å². The highest BCUT2D eigenvalue weighted by Crippen LogP contribution is 2.42. The number of nitrogens with zero attached hydrogens (tertiary/aromatic N) is 4. The Hall–Kier alpha value is -8.41. The van der Waals surface area contributed by atoms with Crippen LogP contribution in [0.3, 0.4) is 0 Å². The largest absolute Gasteiger partial charge is 0.456 e. The molecule has 3 aromatic heterocycles. The van der Waals surface area contributed by atoms with E-state index in [4.69, 9.17) is 19.4 Å². The van der Waals surface area contributed by atoms with E-state index in [2.05, 4.69) is 187 Å². The second-order valence-corrected chi connectivity index (χ2v) is 15.6. The van der Waals surface area contributed by atoms with Gasteiger partial charge in [0.2, 0.25) is 0 Å². The van der Waals surface area contributed by atoms with Crippen molar-refractivity contribution in [2.75, 3.05) is 0 Å². The Morgan fingerprint density at radius 1 is 0.306 bits per heavy atom. The van der Waals surface area contributed by atoms with Crippen LogP contribution in [0.15, 0.2) is 223 Å². The van der Waals surface area contributed by atoms with Crippen molar-refractivity contribution in [3.63, 3.8) is 0 Å². The maximum Gasteiger partial charge on any atom is 0.164 e. The summed E-state index contributed by atoms with van der Waals surface area (Å²) in [4.78, 5) is 14.9. The van der Waals surface area contributed by atoms with Crippen molar-refractivity contribution in [3.8, 4) is 73.2 Å². The van der Waals surface area contributed by atoms with Gasteiger partial charge in [-0.25, -0.2) is 15.0 Å². The van der Waals surface area contributed by atoms with Crippen LogP contribution in [-0.4, -0.2) is 19.5 Å². The van der Waals surface area contributed by atoms with Crippen molar-refractivity contribution < 1.29 is 4.42 Å². The Bertz CT molecular complexity index is 3550. The molecular formula is C57H36N4O. The van der Waals surface area contributed by atoms with Gasteiger partial charge in [-0.3, -0.25) is 0 Å². The maximum atomic E-state index is 6.65. The minimum Gasteiger partial charge on any atom is -0.456 e. The third kappa shape index (κ3) is 6.06. The van der Waals surface area contributed by atoms with Crippen molar-refractivity contribution in [2.45, 2.75) is 0 Å². The number of para-hydroxylation sites is 3. The zero-order valence-electron chi connectivity index (χ0n) is 33.5. The summed E-state index contributed by atoms with van der Waals surface area (Å²) in [6, 6.07) is 76.3. The van der Waals surface area contributed by atoms with Crippen molar-refractivity contribution in [2.24, 2.45) is 0 Å². The molecule has 62 heavy (non-hydrogen) atoms. The first-order chi connectivity index (χ1) is 30.7. The maximum absolute atomic E-state index is 6.65. The van der Waals surface area contributed by atoms with Crippen LogP contribution >= 0.6 is 0 Å². The highest BCUT2D eigenvalue weighted by molar-refractivity contribution is 6.15. The van der Waals surface area contributed by atoms with Gasteiger partial charge in [-0.05, 0) is 64.2 Å². The fraction of sp³-hybridized carbons (Fsp3) is 0. The first-order valence-electron chi connectivity index (χ1n) is 20.8. The molecule has 12 rings (SSSR count). The van der Waals surface area contributed by atoms with E-state index in [0.717, 1.165) is 72.1 Å². The quantitative estimate of drug-likeness (QED) is 0.161. The molecule has 0 fully saturated rings. The van der Waals surface area contributed by atoms with Gasteiger partial charge in [-0.2, -0.15) is 0 Å². The Labute approximate surface area is 357 Å². The van der Waals surface area contributed by atoms with Gasteiger partial charge in [0.25, 0.3) is 0 Å². The molecule has 0 N–H and O–H groups in total. The molecule has 3 heterocycles. The van der Waals surface area contributed by atoms with Gasteiger partial charge in [0.15, 0.2) is 17.5 Å². The number of fused-ring (bicyclic) bond motifs is 6. The van der Waals surface area contributed by atoms with Crippen molar-refractivity contribution >= 4 is 43.7 Å². The lowest BCUT2D eigenvalue weighted by Crippen LogP contribution is -2.00. The number of furan rings is 1. The fourth-order valence-electron chi connectivity index (χ4n) is 8.91. The number of aromatic nitrogens is 4. The van der Waals surface area contributed by atoms with E-state index >= 15 is 0 Å². The van der Waals surface area contributed by atoms with Crippen molar-refractivity contribution in [1.29, 1.82) is 0 Å². The molecule has 0 spiro atoms. The third-order valence-electron chi connectivity index (χ3n) is 11.9. The van der Waals surface area contributed by atoms with Crippen LogP contribution in [0.25, 0.3) is 117 Å². The summed E-state index contributed by atoms with van der Waals surface area (Å²) in [6.45, 7) is 0. The van der Waals surface area contributed by atoms with Gasteiger partial charge in [-0.15, -0.1) is 0 Å². The summed E-state index contributed by atoms with van der Waals surface area (Å²) < 4.78 is 9.05. The Kier molecular flexibility index (Phi) is 8.42. The van der Waals surface area contributed by atoms with E-state index in [-0.39, 0.29) is 0 Å². The molecule has 0 unspecified atom stereocenters. The lowest BCUT2D eigenvalue weighted by Gasteiger charge is -2.14. The smallest absolute Gasteiger partial charge is 0.164 e. The average Bonchev–Trinajstić information content (AvgIpc) is 3.90. The molecule has 0 bridgehead atoms. The van der Waals surface area contributed by atoms with Crippen LogP contribution in [0.2, 0.25) is 0 Å². The predicted octanol–water partition coefficient (Wildman–Crippen LogP) is 14.9. The first-order valence-corrected chi connectivity index (χ1v) is 20.8. The van der Waals surface area contributed by atoms with E-state index < -0.39 is 0 Å². The lowest BCUT2D eigenvalue weighted by molar-refractivity contribution is 0.669. The third-order valence-corrected chi connectivity index (χ3v) is 11.9. The summed E-state index contributed by atoms with van der Waals surface area (Å²) in [5.74, 6) is 1.88. The van der Waals surface area contributed by atoms with Crippen LogP contribution in [0.4, 0.5) is 0 Å². The monoisotopic (exact) mass is 792 g/mol. The molecule has 9 aromatic carbocycles. The fourth-order valence-corrected chi connectivity index (χ4v) is 8.91. The minimum atomic E-state index is 0.619. The van der Waals surface area contributed by atoms with E-state index in [1.54, 1.807) is 0 Å². The summed E-state index contributed by atoms with van der Waals surface area (Å²) >= 11 is 0. The van der Waals surface area contributed by atoms with Crippen LogP contribution in [0, 0.1) is 0 Å². The number of benzene rings is 9. The molecule has 0 saturated carbocycles. The van der Waals surface area contributed by atoms with Gasteiger partial charge < -0.3 is 8.98 Å². The number of hydrogen-bond donors (Lipinski definition) is 0. The standard InChI is InChI=1S/C57H36N4O/c1-3-14-37(15-4-1)38-26-30-41(31-27-38)56-58-55(40-16-5-2-6-17-40)59-57(60-56)42-32-28-39(29-33-42)43-34-35-48-53(36-43)62-52-25-13-21-47(54(48)52)46-20-9-12-24-51(46)61-49-22-10-7-18-44(49)45-19-8-11-23-50(45)61/h1-36H. The minimum absolute atomic E-state index is 0.619. The molecule has 12 aromatic rings. The van der Waals surface area contributed by atoms with Crippen LogP contribution in [0.5, 0.6) is 0 Å². The van der Waals surface area contributed by atoms with E-state index in [1.807, 2.05) is 36.4 Å². The summed E-state index contributed by atoms with van der Waals surface area (Å²) in [5.41, 5.74) is 14.7. The molecule has 0 aliphatic carbocycles. The second-order valence-electron chi connectivity index (χ2n) is 15.6. The van der Waals surface area contributed by atoms with Crippen LogP contribution in [-0.2, 0) is 0 Å². The molecule has 0 aliphatic rings. The summed E-state index contributed by atoms with van der Waals surface area (Å²) in [5, 5.41) is 4.67. The number of rotatable bonds is 7. The molecule has 5 heteroatoms. The van der Waals surface area contributed by atoms with Gasteiger partial charge in [0.05, 0.1) is 16.7 Å². The van der Waals surface area contributed by atoms with E-state index in [0.29, 0.717) is 17.5 Å². The Morgan fingerprint density at radius 3 is 1.39 bits per heavy atom. The van der Waals surface area contributed by atoms with Gasteiger partial charge in [0, 0.05) is 43.8 Å². The normalized spacial score (nSPS) is 11.5. The zero-order chi connectivity index (χ0) is 41.0. The molecule has 0 amide bonds. The predicted molar refractivity (Wildman–Crippen MR) is 254 cm³/mol. The Morgan fingerprint density at radius 2 is 0.758 bits per heavy atom. The number of hydrogen-bond acceptors (Lipinski definition) is 4. The molecular weight excluding hydrogens is 757 g/mol. The van der Waals surface area contributed by atoms with Gasteiger partial charge in [0.1, 0.15) is 11.2 Å². The lowest BCUT2D eigenvalue weighted by atomic mass is 9.96. The zero-order valence-corrected chi connectivity index (χ0v) is 33.5. The summed E-state index contributed by atoms with van der Waals surface area (Å²) in [7, 11) is 0. The highest BCUT2D eigenvalue weighted by atomic mass is 16.3. The van der Waals surface area contributed by atoms with E-state index in [9.17, 15) is 0 Å². The van der Waals surface area contributed by atoms with Crippen molar-refractivity contribution in [3.05, 3.63) is 218 Å². The van der Waals surface area contributed by atoms with Gasteiger partial charge >= 0.3 is 0 Å². The topological polar surface area (TPSA) is 56.7 Å². The van der Waals surface area contributed by atoms with Gasteiger partial charge in [-0.1, -0.05) is 182 Å². The summed E-state index contributed by atoms with van der Waals surface area (Å²) in [6.07, 6.45) is 0. The van der Waals surface area contributed by atoms with Crippen LogP contribution < -0.4 is 0 Å². The molecule has 5 nitrogen and oxygen atoms in total. The highest BCUT2D eigenvalue weighted by Gasteiger charge is 2.19. The molecule has 0 saturated heterocycles. The molecule has 0 aliphatic heterocycles. The Balaban J connectivity index is 0.910. The molecule has 0 atom stereocenters. The average molecular weight is 793 g/mol. The molecule has 0 radical (unpaired) electrons. The van der Waals surface area contributed by atoms with Crippen LogP contribution in [0.1, 0.15) is 0 Å². The second kappa shape index (κ2) is 14.7.